The molecule has 41 heavy (non-hydrogen) atoms. The maximum absolute atomic E-state index is 14.2. The van der Waals surface area contributed by atoms with Gasteiger partial charge in [0.05, 0.1) is 19.1 Å². The fraction of sp³-hybridized carbons (Fsp3) is 0.355. The van der Waals surface area contributed by atoms with Gasteiger partial charge in [-0.1, -0.05) is 65.3 Å². The van der Waals surface area contributed by atoms with E-state index >= 15 is 0 Å². The number of carbonyl (C=O) groups is 2. The van der Waals surface area contributed by atoms with Crippen LogP contribution in [0.5, 0.6) is 5.75 Å². The molecule has 0 spiro atoms. The summed E-state index contributed by atoms with van der Waals surface area (Å²) in [4.78, 5) is 29.4. The van der Waals surface area contributed by atoms with Crippen molar-refractivity contribution in [3.8, 4) is 5.75 Å². The monoisotopic (exact) mass is 643 g/mol. The molecule has 0 aliphatic carbocycles. The van der Waals surface area contributed by atoms with Gasteiger partial charge in [0.15, 0.2) is 0 Å². The highest BCUT2D eigenvalue weighted by molar-refractivity contribution is 9.10. The molecule has 3 aromatic rings. The summed E-state index contributed by atoms with van der Waals surface area (Å²) in [5.74, 6) is -0.189. The number of carbonyl (C=O) groups excluding carboxylic acids is 2. The Balaban J connectivity index is 2.08. The van der Waals surface area contributed by atoms with E-state index in [9.17, 15) is 18.0 Å². The molecule has 0 radical (unpaired) electrons. The van der Waals surface area contributed by atoms with E-state index in [0.29, 0.717) is 11.4 Å². The lowest BCUT2D eigenvalue weighted by molar-refractivity contribution is -0.140. The predicted octanol–water partition coefficient (Wildman–Crippen LogP) is 5.09. The maximum atomic E-state index is 14.2. The van der Waals surface area contributed by atoms with E-state index in [1.165, 1.54) is 4.90 Å². The van der Waals surface area contributed by atoms with Gasteiger partial charge in [-0.25, -0.2) is 8.42 Å². The molecule has 0 aliphatic rings. The lowest BCUT2D eigenvalue weighted by Crippen LogP contribution is -2.54. The molecule has 0 unspecified atom stereocenters. The normalized spacial score (nSPS) is 12.7. The molecule has 0 heterocycles. The second kappa shape index (κ2) is 14.5. The molecule has 3 aromatic carbocycles. The Morgan fingerprint density at radius 2 is 1.68 bits per heavy atom. The van der Waals surface area contributed by atoms with Gasteiger partial charge < -0.3 is 15.0 Å². The molecule has 2 atom stereocenters. The minimum atomic E-state index is -3.84. The van der Waals surface area contributed by atoms with Crippen molar-refractivity contribution in [3.05, 3.63) is 94.0 Å². The molecule has 1 N–H and O–H groups in total. The Morgan fingerprint density at radius 1 is 1.00 bits per heavy atom. The van der Waals surface area contributed by atoms with Crippen LogP contribution < -0.4 is 14.4 Å². The van der Waals surface area contributed by atoms with Crippen LogP contribution in [-0.2, 0) is 32.6 Å². The first kappa shape index (κ1) is 32.1. The molecule has 0 saturated carbocycles. The molecular weight excluding hydrogens is 606 g/mol. The molecule has 10 heteroatoms. The molecule has 0 fully saturated rings. The van der Waals surface area contributed by atoms with E-state index in [1.807, 2.05) is 63.2 Å². The Hall–Kier alpha value is -3.37. The number of ether oxygens (including phenoxy) is 1. The fourth-order valence-corrected chi connectivity index (χ4v) is 5.45. The van der Waals surface area contributed by atoms with Gasteiger partial charge in [-0.2, -0.15) is 0 Å². The standard InChI is InChI=1S/C31H38BrN3O5S/c1-6-23(3)33-31(37)29(19-24-11-8-7-9-12-24)34(20-25-13-10-14-27(18-25)40-4)30(36)21-35(41(5,38)39)26-15-16-28(32)22(2)17-26/h7-18,23,29H,6,19-21H2,1-5H3,(H,33,37)/t23-,29-/m1/s1. The summed E-state index contributed by atoms with van der Waals surface area (Å²) < 4.78 is 33.2. The first-order valence-corrected chi connectivity index (χ1v) is 16.1. The maximum Gasteiger partial charge on any atom is 0.244 e. The van der Waals surface area contributed by atoms with E-state index < -0.39 is 28.5 Å². The van der Waals surface area contributed by atoms with Gasteiger partial charge in [0.1, 0.15) is 18.3 Å². The summed E-state index contributed by atoms with van der Waals surface area (Å²) in [6.45, 7) is 5.34. The lowest BCUT2D eigenvalue weighted by atomic mass is 10.0. The van der Waals surface area contributed by atoms with Gasteiger partial charge in [-0.3, -0.25) is 13.9 Å². The average molecular weight is 645 g/mol. The summed E-state index contributed by atoms with van der Waals surface area (Å²) in [7, 11) is -2.28. The van der Waals surface area contributed by atoms with Gasteiger partial charge >= 0.3 is 0 Å². The Labute approximate surface area is 251 Å². The van der Waals surface area contributed by atoms with Crippen LogP contribution in [0.1, 0.15) is 37.0 Å². The zero-order valence-electron chi connectivity index (χ0n) is 24.1. The molecule has 0 bridgehead atoms. The number of amides is 2. The molecule has 2 amide bonds. The summed E-state index contributed by atoms with van der Waals surface area (Å²) in [6.07, 6.45) is 2.05. The van der Waals surface area contributed by atoms with Gasteiger partial charge in [0.25, 0.3) is 0 Å². The van der Waals surface area contributed by atoms with Crippen LogP contribution in [0.3, 0.4) is 0 Å². The number of hydrogen-bond acceptors (Lipinski definition) is 5. The minimum absolute atomic E-state index is 0.0818. The number of hydrogen-bond donors (Lipinski definition) is 1. The van der Waals surface area contributed by atoms with Crippen LogP contribution in [0.2, 0.25) is 0 Å². The predicted molar refractivity (Wildman–Crippen MR) is 166 cm³/mol. The van der Waals surface area contributed by atoms with Crippen LogP contribution in [0, 0.1) is 6.92 Å². The Morgan fingerprint density at radius 3 is 2.29 bits per heavy atom. The van der Waals surface area contributed by atoms with Gasteiger partial charge in [-0.05, 0) is 67.3 Å². The molecular formula is C31H38BrN3O5S. The number of methoxy groups -OCH3 is 1. The quantitative estimate of drug-likeness (QED) is 0.280. The highest BCUT2D eigenvalue weighted by Gasteiger charge is 2.33. The van der Waals surface area contributed by atoms with Crippen LogP contribution in [0.25, 0.3) is 0 Å². The summed E-state index contributed by atoms with van der Waals surface area (Å²) in [5, 5.41) is 3.03. The average Bonchev–Trinajstić information content (AvgIpc) is 2.94. The fourth-order valence-electron chi connectivity index (χ4n) is 4.36. The van der Waals surface area contributed by atoms with Crippen molar-refractivity contribution in [2.45, 2.75) is 52.2 Å². The summed E-state index contributed by atoms with van der Waals surface area (Å²) in [6, 6.07) is 20.9. The van der Waals surface area contributed by atoms with Crippen molar-refractivity contribution in [1.29, 1.82) is 0 Å². The topological polar surface area (TPSA) is 96.0 Å². The lowest BCUT2D eigenvalue weighted by Gasteiger charge is -2.34. The molecule has 0 aromatic heterocycles. The number of rotatable bonds is 13. The van der Waals surface area contributed by atoms with E-state index in [2.05, 4.69) is 21.2 Å². The number of nitrogens with one attached hydrogen (secondary N) is 1. The highest BCUT2D eigenvalue weighted by Crippen LogP contribution is 2.26. The van der Waals surface area contributed by atoms with Gasteiger partial charge in [-0.15, -0.1) is 0 Å². The van der Waals surface area contributed by atoms with E-state index in [1.54, 1.807) is 37.4 Å². The molecule has 3 rings (SSSR count). The highest BCUT2D eigenvalue weighted by atomic mass is 79.9. The Bertz CT molecular complexity index is 1450. The molecule has 0 aliphatic heterocycles. The van der Waals surface area contributed by atoms with Crippen molar-refractivity contribution >= 4 is 43.5 Å². The first-order chi connectivity index (χ1) is 19.4. The number of benzene rings is 3. The van der Waals surface area contributed by atoms with E-state index in [0.717, 1.165) is 38.1 Å². The van der Waals surface area contributed by atoms with Crippen molar-refractivity contribution in [2.24, 2.45) is 0 Å². The zero-order chi connectivity index (χ0) is 30.2. The third kappa shape index (κ3) is 9.06. The number of anilines is 1. The smallest absolute Gasteiger partial charge is 0.244 e. The SMILES string of the molecule is CC[C@@H](C)NC(=O)[C@@H](Cc1ccccc1)N(Cc1cccc(OC)c1)C(=O)CN(c1ccc(Br)c(C)c1)S(C)(=O)=O. The van der Waals surface area contributed by atoms with E-state index in [-0.39, 0.29) is 24.9 Å². The molecule has 8 nitrogen and oxygen atoms in total. The van der Waals surface area contributed by atoms with Gasteiger partial charge in [0.2, 0.25) is 21.8 Å². The summed E-state index contributed by atoms with van der Waals surface area (Å²) >= 11 is 3.45. The van der Waals surface area contributed by atoms with Crippen LogP contribution in [0.4, 0.5) is 5.69 Å². The van der Waals surface area contributed by atoms with Crippen molar-refractivity contribution in [1.82, 2.24) is 10.2 Å². The third-order valence-corrected chi connectivity index (χ3v) is 8.90. The second-order valence-electron chi connectivity index (χ2n) is 10.1. The van der Waals surface area contributed by atoms with Crippen LogP contribution in [0.15, 0.2) is 77.3 Å². The third-order valence-electron chi connectivity index (χ3n) is 6.87. The first-order valence-electron chi connectivity index (χ1n) is 13.4. The molecule has 0 saturated heterocycles. The van der Waals surface area contributed by atoms with Crippen LogP contribution >= 0.6 is 15.9 Å². The minimum Gasteiger partial charge on any atom is -0.497 e. The second-order valence-corrected chi connectivity index (χ2v) is 12.9. The molecule has 220 valence electrons. The number of halogens is 1. The zero-order valence-corrected chi connectivity index (χ0v) is 26.5. The van der Waals surface area contributed by atoms with E-state index in [4.69, 9.17) is 4.74 Å². The largest absolute Gasteiger partial charge is 0.497 e. The van der Waals surface area contributed by atoms with Gasteiger partial charge in [0, 0.05) is 23.5 Å². The Kier molecular flexibility index (Phi) is 11.4. The summed E-state index contributed by atoms with van der Waals surface area (Å²) in [5.41, 5.74) is 2.82. The van der Waals surface area contributed by atoms with Crippen molar-refractivity contribution in [2.75, 3.05) is 24.2 Å². The number of aryl methyl sites for hydroxylation is 1. The van der Waals surface area contributed by atoms with Crippen molar-refractivity contribution < 1.29 is 22.7 Å². The van der Waals surface area contributed by atoms with Crippen molar-refractivity contribution in [3.63, 3.8) is 0 Å². The van der Waals surface area contributed by atoms with Crippen LogP contribution in [-0.4, -0.2) is 57.1 Å². The number of sulfonamides is 1. The number of nitrogens with zero attached hydrogens (tertiary/aromatic N) is 2.